The van der Waals surface area contributed by atoms with Crippen LogP contribution in [0.3, 0.4) is 0 Å². The second kappa shape index (κ2) is 10.2. The number of aromatic nitrogens is 1. The van der Waals surface area contributed by atoms with Crippen molar-refractivity contribution < 1.29 is 14.6 Å². The molecule has 0 radical (unpaired) electrons. The second-order valence-corrected chi connectivity index (χ2v) is 7.82. The predicted molar refractivity (Wildman–Crippen MR) is 128 cm³/mol. The van der Waals surface area contributed by atoms with Crippen LogP contribution in [0, 0.1) is 0 Å². The highest BCUT2D eigenvalue weighted by molar-refractivity contribution is 6.31. The lowest BCUT2D eigenvalue weighted by Gasteiger charge is -2.12. The van der Waals surface area contributed by atoms with Gasteiger partial charge in [0.25, 0.3) is 0 Å². The van der Waals surface area contributed by atoms with Crippen molar-refractivity contribution in [2.75, 3.05) is 6.61 Å². The second-order valence-electron chi connectivity index (χ2n) is 7.38. The lowest BCUT2D eigenvalue weighted by atomic mass is 10.0. The Bertz CT molecular complexity index is 1250. The number of aliphatic hydroxyl groups excluding tert-OH is 1. The highest BCUT2D eigenvalue weighted by Crippen LogP contribution is 2.21. The standard InChI is InChI=1S/C27H22ClNO3/c28-23-12-10-20-11-14-24(29-25(20)18-23)13-9-19-5-4-8-22(17-19)26(30)15-16-32-27(31)21-6-2-1-3-7-21/h1-14,17-18,26,30H,15-16H2/t26-/m0/s1. The number of esters is 1. The molecule has 0 saturated carbocycles. The Hall–Kier alpha value is -3.47. The molecular weight excluding hydrogens is 422 g/mol. The topological polar surface area (TPSA) is 59.4 Å². The molecule has 1 aromatic heterocycles. The average Bonchev–Trinajstić information content (AvgIpc) is 2.83. The van der Waals surface area contributed by atoms with Gasteiger partial charge >= 0.3 is 5.97 Å². The average molecular weight is 444 g/mol. The van der Waals surface area contributed by atoms with Crippen LogP contribution in [0.5, 0.6) is 0 Å². The first-order chi connectivity index (χ1) is 15.6. The molecule has 3 aromatic carbocycles. The van der Waals surface area contributed by atoms with Gasteiger partial charge in [-0.1, -0.05) is 66.2 Å². The molecule has 160 valence electrons. The smallest absolute Gasteiger partial charge is 0.338 e. The molecule has 0 aliphatic carbocycles. The molecule has 5 heteroatoms. The molecule has 4 rings (SSSR count). The molecule has 1 atom stereocenters. The van der Waals surface area contributed by atoms with E-state index in [4.69, 9.17) is 16.3 Å². The number of pyridine rings is 1. The molecule has 0 amide bonds. The molecule has 32 heavy (non-hydrogen) atoms. The van der Waals surface area contributed by atoms with Gasteiger partial charge in [0.2, 0.25) is 0 Å². The number of halogens is 1. The van der Waals surface area contributed by atoms with Crippen molar-refractivity contribution >= 4 is 40.6 Å². The number of hydrogen-bond donors (Lipinski definition) is 1. The molecule has 1 heterocycles. The van der Waals surface area contributed by atoms with Crippen LogP contribution in [-0.2, 0) is 4.74 Å². The monoisotopic (exact) mass is 443 g/mol. The quantitative estimate of drug-likeness (QED) is 0.338. The van der Waals surface area contributed by atoms with Crippen LogP contribution in [0.25, 0.3) is 23.1 Å². The zero-order valence-corrected chi connectivity index (χ0v) is 18.1. The largest absolute Gasteiger partial charge is 0.462 e. The van der Waals surface area contributed by atoms with Crippen molar-refractivity contribution in [3.63, 3.8) is 0 Å². The molecule has 0 saturated heterocycles. The third-order valence-corrected chi connectivity index (χ3v) is 5.29. The van der Waals surface area contributed by atoms with E-state index in [1.54, 1.807) is 24.3 Å². The van der Waals surface area contributed by atoms with Crippen LogP contribution < -0.4 is 0 Å². The Morgan fingerprint density at radius 3 is 2.62 bits per heavy atom. The van der Waals surface area contributed by atoms with Crippen LogP contribution in [0.1, 0.15) is 39.7 Å². The fourth-order valence-corrected chi connectivity index (χ4v) is 3.50. The van der Waals surface area contributed by atoms with Gasteiger partial charge in [0.15, 0.2) is 0 Å². The van der Waals surface area contributed by atoms with Crippen LogP contribution in [-0.4, -0.2) is 22.7 Å². The summed E-state index contributed by atoms with van der Waals surface area (Å²) < 4.78 is 5.27. The van der Waals surface area contributed by atoms with Crippen LogP contribution in [0.15, 0.2) is 84.9 Å². The van der Waals surface area contributed by atoms with E-state index < -0.39 is 12.1 Å². The summed E-state index contributed by atoms with van der Waals surface area (Å²) >= 11 is 6.07. The Kier molecular flexibility index (Phi) is 6.95. The predicted octanol–water partition coefficient (Wildman–Crippen LogP) is 6.34. The molecule has 0 aliphatic heterocycles. The lowest BCUT2D eigenvalue weighted by Crippen LogP contribution is -2.09. The number of benzene rings is 3. The van der Waals surface area contributed by atoms with Gasteiger partial charge in [0.05, 0.1) is 29.5 Å². The first kappa shape index (κ1) is 21.8. The van der Waals surface area contributed by atoms with E-state index in [0.29, 0.717) is 17.0 Å². The fourth-order valence-electron chi connectivity index (χ4n) is 3.34. The van der Waals surface area contributed by atoms with Gasteiger partial charge in [-0.3, -0.25) is 0 Å². The van der Waals surface area contributed by atoms with Gasteiger partial charge in [-0.25, -0.2) is 9.78 Å². The Balaban J connectivity index is 1.38. The van der Waals surface area contributed by atoms with Crippen molar-refractivity contribution in [3.8, 4) is 0 Å². The van der Waals surface area contributed by atoms with E-state index in [9.17, 15) is 9.90 Å². The van der Waals surface area contributed by atoms with Gasteiger partial charge in [-0.15, -0.1) is 0 Å². The number of rotatable bonds is 7. The first-order valence-corrected chi connectivity index (χ1v) is 10.7. The molecule has 0 fully saturated rings. The zero-order chi connectivity index (χ0) is 22.3. The maximum atomic E-state index is 12.0. The molecular formula is C27H22ClNO3. The minimum absolute atomic E-state index is 0.137. The molecule has 0 bridgehead atoms. The number of carbonyl (C=O) groups excluding carboxylic acids is 1. The van der Waals surface area contributed by atoms with Crippen molar-refractivity contribution in [2.24, 2.45) is 0 Å². The summed E-state index contributed by atoms with van der Waals surface area (Å²) in [5.74, 6) is -0.390. The fraction of sp³-hybridized carbons (Fsp3) is 0.111. The van der Waals surface area contributed by atoms with Gasteiger partial charge in [0.1, 0.15) is 0 Å². The van der Waals surface area contributed by atoms with Gasteiger partial charge < -0.3 is 9.84 Å². The third kappa shape index (κ3) is 5.61. The molecule has 4 nitrogen and oxygen atoms in total. The maximum absolute atomic E-state index is 12.0. The van der Waals surface area contributed by atoms with E-state index in [-0.39, 0.29) is 6.61 Å². The number of hydrogen-bond acceptors (Lipinski definition) is 4. The zero-order valence-electron chi connectivity index (χ0n) is 17.3. The lowest BCUT2D eigenvalue weighted by molar-refractivity contribution is 0.0430. The Morgan fingerprint density at radius 2 is 1.78 bits per heavy atom. The number of nitrogens with zero attached hydrogens (tertiary/aromatic N) is 1. The van der Waals surface area contributed by atoms with Gasteiger partial charge in [-0.2, -0.15) is 0 Å². The Labute approximate surface area is 191 Å². The van der Waals surface area contributed by atoms with E-state index >= 15 is 0 Å². The highest BCUT2D eigenvalue weighted by atomic mass is 35.5. The van der Waals surface area contributed by atoms with Crippen molar-refractivity contribution in [1.82, 2.24) is 4.98 Å². The molecule has 1 N–H and O–H groups in total. The summed E-state index contributed by atoms with van der Waals surface area (Å²) in [5.41, 5.74) is 3.86. The molecule has 0 spiro atoms. The number of carbonyl (C=O) groups is 1. The summed E-state index contributed by atoms with van der Waals surface area (Å²) in [6.45, 7) is 0.137. The Morgan fingerprint density at radius 1 is 0.969 bits per heavy atom. The number of fused-ring (bicyclic) bond motifs is 1. The van der Waals surface area contributed by atoms with Crippen LogP contribution in [0.4, 0.5) is 0 Å². The molecule has 0 unspecified atom stereocenters. The first-order valence-electron chi connectivity index (χ1n) is 10.3. The van der Waals surface area contributed by atoms with E-state index in [2.05, 4.69) is 4.98 Å². The van der Waals surface area contributed by atoms with E-state index in [0.717, 1.165) is 27.7 Å². The normalized spacial score (nSPS) is 12.2. The molecule has 0 aliphatic rings. The summed E-state index contributed by atoms with van der Waals surface area (Å²) in [5, 5.41) is 12.2. The van der Waals surface area contributed by atoms with Crippen molar-refractivity contribution in [1.29, 1.82) is 0 Å². The number of aliphatic hydroxyl groups is 1. The SMILES string of the molecule is O=C(OCC[C@H](O)c1cccc(C=Cc2ccc3ccc(Cl)cc3n2)c1)c1ccccc1. The summed E-state index contributed by atoms with van der Waals surface area (Å²) in [4.78, 5) is 16.6. The third-order valence-electron chi connectivity index (χ3n) is 5.05. The maximum Gasteiger partial charge on any atom is 0.338 e. The van der Waals surface area contributed by atoms with Crippen molar-refractivity contribution in [2.45, 2.75) is 12.5 Å². The van der Waals surface area contributed by atoms with E-state index in [1.165, 1.54) is 0 Å². The van der Waals surface area contributed by atoms with E-state index in [1.807, 2.05) is 72.8 Å². The minimum Gasteiger partial charge on any atom is -0.462 e. The van der Waals surface area contributed by atoms with Gasteiger partial charge in [0, 0.05) is 16.8 Å². The van der Waals surface area contributed by atoms with Gasteiger partial charge in [-0.05, 0) is 53.6 Å². The highest BCUT2D eigenvalue weighted by Gasteiger charge is 2.11. The number of ether oxygens (including phenoxy) is 1. The summed E-state index contributed by atoms with van der Waals surface area (Å²) in [6.07, 6.45) is 3.46. The van der Waals surface area contributed by atoms with Crippen molar-refractivity contribution in [3.05, 3.63) is 112 Å². The van der Waals surface area contributed by atoms with Crippen LogP contribution in [0.2, 0.25) is 5.02 Å². The summed E-state index contributed by atoms with van der Waals surface area (Å²) in [6, 6.07) is 26.0. The van der Waals surface area contributed by atoms with Crippen LogP contribution >= 0.6 is 11.6 Å². The minimum atomic E-state index is -0.729. The molecule has 4 aromatic rings. The summed E-state index contributed by atoms with van der Waals surface area (Å²) in [7, 11) is 0.